The van der Waals surface area contributed by atoms with Crippen molar-refractivity contribution in [2.24, 2.45) is 0 Å². The molecule has 1 saturated heterocycles. The van der Waals surface area contributed by atoms with Crippen molar-refractivity contribution in [3.8, 4) is 11.8 Å². The van der Waals surface area contributed by atoms with Gasteiger partial charge in [0.15, 0.2) is 6.23 Å². The third kappa shape index (κ3) is 1.99. The first-order valence-electron chi connectivity index (χ1n) is 6.07. The Bertz CT molecular complexity index is 513. The molecule has 0 N–H and O–H groups in total. The lowest BCUT2D eigenvalue weighted by molar-refractivity contribution is -0.0289. The van der Waals surface area contributed by atoms with E-state index in [1.54, 1.807) is 0 Å². The monoisotopic (exact) mass is 242 g/mol. The van der Waals surface area contributed by atoms with E-state index in [0.717, 1.165) is 24.4 Å². The Balaban J connectivity index is 1.91. The third-order valence-corrected chi connectivity index (χ3v) is 3.24. The molecule has 0 amide bonds. The van der Waals surface area contributed by atoms with Crippen LogP contribution in [0.4, 0.5) is 0 Å². The second-order valence-corrected chi connectivity index (χ2v) is 4.37. The lowest BCUT2D eigenvalue weighted by atomic mass is 10.1. The zero-order valence-corrected chi connectivity index (χ0v) is 10.0. The fraction of sp³-hybridized carbons (Fsp3) is 0.357. The summed E-state index contributed by atoms with van der Waals surface area (Å²) >= 11 is 0. The summed E-state index contributed by atoms with van der Waals surface area (Å²) in [6.07, 6.45) is 1.65. The van der Waals surface area contributed by atoms with Gasteiger partial charge in [-0.1, -0.05) is 18.2 Å². The smallest absolute Gasteiger partial charge is 0.189 e. The van der Waals surface area contributed by atoms with Crippen molar-refractivity contribution in [2.75, 3.05) is 26.3 Å². The van der Waals surface area contributed by atoms with Gasteiger partial charge in [-0.25, -0.2) is 0 Å². The zero-order chi connectivity index (χ0) is 12.4. The first-order chi connectivity index (χ1) is 8.88. The van der Waals surface area contributed by atoms with E-state index in [9.17, 15) is 5.26 Å². The van der Waals surface area contributed by atoms with Crippen molar-refractivity contribution >= 4 is 6.08 Å². The molecule has 1 aromatic carbocycles. The average Bonchev–Trinajstić information content (AvgIpc) is 2.46. The van der Waals surface area contributed by atoms with Gasteiger partial charge in [0.1, 0.15) is 11.8 Å². The first-order valence-corrected chi connectivity index (χ1v) is 6.07. The number of rotatable bonds is 1. The Hall–Kier alpha value is -1.83. The molecule has 0 saturated carbocycles. The fourth-order valence-corrected chi connectivity index (χ4v) is 2.30. The normalized spacial score (nSPS) is 23.5. The topological polar surface area (TPSA) is 45.5 Å². The number of hydrogen-bond donors (Lipinski definition) is 0. The van der Waals surface area contributed by atoms with Crippen LogP contribution in [0.15, 0.2) is 29.8 Å². The number of nitrogens with zero attached hydrogens (tertiary/aromatic N) is 2. The molecule has 1 fully saturated rings. The molecule has 0 radical (unpaired) electrons. The third-order valence-electron chi connectivity index (χ3n) is 3.24. The van der Waals surface area contributed by atoms with Gasteiger partial charge in [-0.05, 0) is 12.1 Å². The summed E-state index contributed by atoms with van der Waals surface area (Å²) in [6.45, 7) is 2.98. The molecule has 0 spiro atoms. The number of ether oxygens (including phenoxy) is 2. The maximum atomic E-state index is 9.26. The van der Waals surface area contributed by atoms with E-state index in [4.69, 9.17) is 9.47 Å². The minimum Gasteiger partial charge on any atom is -0.470 e. The van der Waals surface area contributed by atoms with Gasteiger partial charge in [-0.15, -0.1) is 0 Å². The van der Waals surface area contributed by atoms with Gasteiger partial charge in [0, 0.05) is 18.7 Å². The number of nitriles is 1. The molecule has 2 heterocycles. The maximum Gasteiger partial charge on any atom is 0.189 e. The van der Waals surface area contributed by atoms with Crippen LogP contribution in [0.1, 0.15) is 5.56 Å². The van der Waals surface area contributed by atoms with Crippen LogP contribution in [0.3, 0.4) is 0 Å². The van der Waals surface area contributed by atoms with Crippen LogP contribution in [0, 0.1) is 11.3 Å². The van der Waals surface area contributed by atoms with E-state index >= 15 is 0 Å². The number of para-hydroxylation sites is 1. The van der Waals surface area contributed by atoms with Gasteiger partial charge in [0.25, 0.3) is 0 Å². The summed E-state index contributed by atoms with van der Waals surface area (Å²) in [5, 5.41) is 9.26. The van der Waals surface area contributed by atoms with Crippen LogP contribution < -0.4 is 4.74 Å². The van der Waals surface area contributed by atoms with E-state index in [1.165, 1.54) is 0 Å². The van der Waals surface area contributed by atoms with Gasteiger partial charge >= 0.3 is 0 Å². The van der Waals surface area contributed by atoms with E-state index < -0.39 is 0 Å². The van der Waals surface area contributed by atoms with Crippen LogP contribution in [0.2, 0.25) is 0 Å². The highest BCUT2D eigenvalue weighted by Crippen LogP contribution is 2.30. The Morgan fingerprint density at radius 1 is 1.22 bits per heavy atom. The summed E-state index contributed by atoms with van der Waals surface area (Å²) in [7, 11) is 0. The largest absolute Gasteiger partial charge is 0.470 e. The molecule has 92 valence electrons. The Kier molecular flexibility index (Phi) is 3.01. The molecule has 1 aromatic rings. The number of benzene rings is 1. The summed E-state index contributed by atoms with van der Waals surface area (Å²) in [4.78, 5) is 2.15. The van der Waals surface area contributed by atoms with Gasteiger partial charge in [-0.2, -0.15) is 5.26 Å². The summed E-state index contributed by atoms with van der Waals surface area (Å²) < 4.78 is 11.3. The lowest BCUT2D eigenvalue weighted by Gasteiger charge is -2.36. The molecule has 18 heavy (non-hydrogen) atoms. The second kappa shape index (κ2) is 4.81. The predicted molar refractivity (Wildman–Crippen MR) is 66.8 cm³/mol. The zero-order valence-electron chi connectivity index (χ0n) is 10.0. The van der Waals surface area contributed by atoms with E-state index in [0.29, 0.717) is 18.8 Å². The molecule has 4 nitrogen and oxygen atoms in total. The molecule has 0 unspecified atom stereocenters. The van der Waals surface area contributed by atoms with Crippen LogP contribution >= 0.6 is 0 Å². The summed E-state index contributed by atoms with van der Waals surface area (Å²) in [5.74, 6) is 0.841. The first kappa shape index (κ1) is 11.3. The van der Waals surface area contributed by atoms with Gasteiger partial charge in [0.05, 0.1) is 18.8 Å². The molecular weight excluding hydrogens is 228 g/mol. The minimum atomic E-state index is -0.270. The molecule has 0 bridgehead atoms. The van der Waals surface area contributed by atoms with Crippen LogP contribution in [0.25, 0.3) is 6.08 Å². The fourth-order valence-electron chi connectivity index (χ4n) is 2.30. The van der Waals surface area contributed by atoms with Crippen LogP contribution in [-0.2, 0) is 4.74 Å². The molecule has 1 atom stereocenters. The molecule has 2 aliphatic heterocycles. The van der Waals surface area contributed by atoms with Crippen molar-refractivity contribution in [1.29, 1.82) is 5.26 Å². The molecule has 2 aliphatic rings. The Morgan fingerprint density at radius 3 is 2.78 bits per heavy atom. The predicted octanol–water partition coefficient (Wildman–Crippen LogP) is 1.64. The molecular formula is C14H14N2O2. The summed E-state index contributed by atoms with van der Waals surface area (Å²) in [5.41, 5.74) is 1.63. The standard InChI is InChI=1S/C14H14N2O2/c15-10-12-9-11-3-1-2-4-13(11)18-14(12)16-5-7-17-8-6-16/h1-4,9,14H,5-8H2/t14-/m1/s1. The van der Waals surface area contributed by atoms with Crippen LogP contribution in [-0.4, -0.2) is 37.4 Å². The lowest BCUT2D eigenvalue weighted by Crippen LogP contribution is -2.47. The highest BCUT2D eigenvalue weighted by molar-refractivity contribution is 5.65. The number of morpholine rings is 1. The molecule has 0 aromatic heterocycles. The van der Waals surface area contributed by atoms with Gasteiger partial charge in [-0.3, -0.25) is 4.90 Å². The Labute approximate surface area is 106 Å². The molecule has 4 heteroatoms. The van der Waals surface area contributed by atoms with Gasteiger partial charge in [0.2, 0.25) is 0 Å². The van der Waals surface area contributed by atoms with Crippen molar-refractivity contribution in [1.82, 2.24) is 4.90 Å². The van der Waals surface area contributed by atoms with E-state index in [1.807, 2.05) is 30.3 Å². The highest BCUT2D eigenvalue weighted by Gasteiger charge is 2.29. The minimum absolute atomic E-state index is 0.270. The van der Waals surface area contributed by atoms with E-state index in [-0.39, 0.29) is 6.23 Å². The van der Waals surface area contributed by atoms with Gasteiger partial charge < -0.3 is 9.47 Å². The average molecular weight is 242 g/mol. The summed E-state index contributed by atoms with van der Waals surface area (Å²) in [6, 6.07) is 10.0. The quantitative estimate of drug-likeness (QED) is 0.751. The highest BCUT2D eigenvalue weighted by atomic mass is 16.5. The van der Waals surface area contributed by atoms with Crippen molar-refractivity contribution in [3.63, 3.8) is 0 Å². The molecule has 0 aliphatic carbocycles. The molecule has 3 rings (SSSR count). The number of hydrogen-bond acceptors (Lipinski definition) is 4. The van der Waals surface area contributed by atoms with Crippen LogP contribution in [0.5, 0.6) is 5.75 Å². The SMILES string of the molecule is N#CC1=Cc2ccccc2O[C@H]1N1CCOCC1. The van der Waals surface area contributed by atoms with E-state index in [2.05, 4.69) is 11.0 Å². The van der Waals surface area contributed by atoms with Crippen molar-refractivity contribution < 1.29 is 9.47 Å². The second-order valence-electron chi connectivity index (χ2n) is 4.37. The number of fused-ring (bicyclic) bond motifs is 1. The Morgan fingerprint density at radius 2 is 2.00 bits per heavy atom. The van der Waals surface area contributed by atoms with Crippen molar-refractivity contribution in [2.45, 2.75) is 6.23 Å². The van der Waals surface area contributed by atoms with Crippen molar-refractivity contribution in [3.05, 3.63) is 35.4 Å². The maximum absolute atomic E-state index is 9.26.